The fourth-order valence-corrected chi connectivity index (χ4v) is 4.70. The van der Waals surface area contributed by atoms with E-state index in [-0.39, 0.29) is 11.6 Å². The molecule has 0 saturated heterocycles. The summed E-state index contributed by atoms with van der Waals surface area (Å²) < 4.78 is 0. The van der Waals surface area contributed by atoms with Crippen LogP contribution >= 0.6 is 0 Å². The summed E-state index contributed by atoms with van der Waals surface area (Å²) in [5, 5.41) is 0. The monoisotopic (exact) mass is 466 g/mol. The van der Waals surface area contributed by atoms with Crippen molar-refractivity contribution in [2.24, 2.45) is 0 Å². The molecule has 0 N–H and O–H groups in total. The van der Waals surface area contributed by atoms with Crippen LogP contribution in [0.5, 0.6) is 0 Å². The first kappa shape index (κ1) is 23.2. The third kappa shape index (κ3) is 4.94. The van der Waals surface area contributed by atoms with Crippen molar-refractivity contribution in [3.8, 4) is 0 Å². The van der Waals surface area contributed by atoms with Crippen LogP contribution in [0, 0.1) is 0 Å². The van der Waals surface area contributed by atoms with E-state index in [2.05, 4.69) is 0 Å². The summed E-state index contributed by atoms with van der Waals surface area (Å²) in [6, 6.07) is 46.4. The van der Waals surface area contributed by atoms with Crippen LogP contribution in [0.15, 0.2) is 146 Å². The van der Waals surface area contributed by atoms with E-state index in [1.165, 1.54) is 0 Å². The molecule has 0 aliphatic carbocycles. The lowest BCUT2D eigenvalue weighted by Gasteiger charge is -2.19. The highest BCUT2D eigenvalue weighted by molar-refractivity contribution is 6.06. The van der Waals surface area contributed by atoms with Gasteiger partial charge in [0.1, 0.15) is 0 Å². The van der Waals surface area contributed by atoms with Crippen LogP contribution in [0.2, 0.25) is 0 Å². The molecule has 0 spiro atoms. The molecule has 0 aromatic heterocycles. The number of hydrogen-bond acceptors (Lipinski definition) is 2. The zero-order valence-electron chi connectivity index (χ0n) is 19.8. The van der Waals surface area contributed by atoms with E-state index in [1.807, 2.05) is 121 Å². The van der Waals surface area contributed by atoms with Crippen LogP contribution in [-0.4, -0.2) is 11.6 Å². The van der Waals surface area contributed by atoms with Crippen molar-refractivity contribution in [2.45, 2.75) is 11.8 Å². The minimum absolute atomic E-state index is 0.00840. The van der Waals surface area contributed by atoms with Gasteiger partial charge in [0.25, 0.3) is 0 Å². The highest BCUT2D eigenvalue weighted by atomic mass is 16.1. The van der Waals surface area contributed by atoms with E-state index in [4.69, 9.17) is 0 Å². The van der Waals surface area contributed by atoms with Crippen LogP contribution in [-0.2, 0) is 0 Å². The van der Waals surface area contributed by atoms with Gasteiger partial charge in [-0.1, -0.05) is 146 Å². The fraction of sp³-hybridized carbons (Fsp3) is 0.0588. The van der Waals surface area contributed by atoms with Crippen molar-refractivity contribution in [2.75, 3.05) is 0 Å². The number of carbonyl (C=O) groups excluding carboxylic acids is 2. The summed E-state index contributed by atoms with van der Waals surface area (Å²) in [5.41, 5.74) is 4.95. The van der Waals surface area contributed by atoms with Crippen molar-refractivity contribution in [3.05, 3.63) is 179 Å². The number of benzene rings is 5. The molecule has 2 heteroatoms. The number of rotatable bonds is 8. The first-order chi connectivity index (χ1) is 17.7. The Labute approximate surface area is 211 Å². The summed E-state index contributed by atoms with van der Waals surface area (Å²) in [4.78, 5) is 27.4. The Morgan fingerprint density at radius 2 is 0.556 bits per heavy atom. The van der Waals surface area contributed by atoms with E-state index < -0.39 is 11.8 Å². The van der Waals surface area contributed by atoms with Crippen LogP contribution < -0.4 is 0 Å². The third-order valence-electron chi connectivity index (χ3n) is 6.51. The van der Waals surface area contributed by atoms with Gasteiger partial charge in [-0.2, -0.15) is 0 Å². The predicted molar refractivity (Wildman–Crippen MR) is 145 cm³/mol. The molecule has 2 nitrogen and oxygen atoms in total. The molecule has 0 heterocycles. The average molecular weight is 467 g/mol. The second-order valence-electron chi connectivity index (χ2n) is 8.81. The summed E-state index contributed by atoms with van der Waals surface area (Å²) in [6.07, 6.45) is 0. The largest absolute Gasteiger partial charge is 0.293 e. The maximum atomic E-state index is 13.7. The molecule has 0 atom stereocenters. The Balaban J connectivity index is 1.47. The van der Waals surface area contributed by atoms with Gasteiger partial charge in [0, 0.05) is 11.1 Å². The first-order valence-electron chi connectivity index (χ1n) is 12.1. The van der Waals surface area contributed by atoms with E-state index >= 15 is 0 Å². The normalized spacial score (nSPS) is 10.9. The lowest BCUT2D eigenvalue weighted by Crippen LogP contribution is -2.16. The van der Waals surface area contributed by atoms with Gasteiger partial charge < -0.3 is 0 Å². The number of Topliss-reactive ketones (excluding diaryl/α,β-unsaturated/α-hetero) is 2. The molecule has 5 aromatic rings. The Kier molecular flexibility index (Phi) is 6.95. The van der Waals surface area contributed by atoms with Gasteiger partial charge in [-0.05, 0) is 22.3 Å². The third-order valence-corrected chi connectivity index (χ3v) is 6.51. The van der Waals surface area contributed by atoms with Crippen molar-refractivity contribution >= 4 is 11.6 Å². The molecule has 0 aliphatic heterocycles. The van der Waals surface area contributed by atoms with Crippen molar-refractivity contribution in [3.63, 3.8) is 0 Å². The molecular formula is C34H26O2. The van der Waals surface area contributed by atoms with E-state index in [1.54, 1.807) is 24.3 Å². The molecule has 0 amide bonds. The van der Waals surface area contributed by atoms with E-state index in [0.717, 1.165) is 22.3 Å². The number of carbonyl (C=O) groups is 2. The topological polar surface area (TPSA) is 34.1 Å². The maximum absolute atomic E-state index is 13.7. The highest BCUT2D eigenvalue weighted by Gasteiger charge is 2.26. The maximum Gasteiger partial charge on any atom is 0.174 e. The standard InChI is InChI=1S/C34H26O2/c35-33(31(25-13-5-1-6-14-25)26-15-7-2-8-16-26)29-21-23-30(24-22-29)34(36)32(27-17-9-3-10-18-27)28-19-11-4-12-20-28/h1-24,31-32H. The van der Waals surface area contributed by atoms with Gasteiger partial charge in [0.15, 0.2) is 11.6 Å². The summed E-state index contributed by atoms with van der Waals surface area (Å²) in [5.74, 6) is -0.797. The van der Waals surface area contributed by atoms with Crippen LogP contribution in [0.25, 0.3) is 0 Å². The minimum Gasteiger partial charge on any atom is -0.293 e. The van der Waals surface area contributed by atoms with Gasteiger partial charge in [-0.15, -0.1) is 0 Å². The fourth-order valence-electron chi connectivity index (χ4n) is 4.70. The zero-order valence-corrected chi connectivity index (χ0v) is 19.8. The van der Waals surface area contributed by atoms with Crippen molar-refractivity contribution < 1.29 is 9.59 Å². The van der Waals surface area contributed by atoms with Crippen molar-refractivity contribution in [1.29, 1.82) is 0 Å². The van der Waals surface area contributed by atoms with Crippen molar-refractivity contribution in [1.82, 2.24) is 0 Å². The quantitative estimate of drug-likeness (QED) is 0.219. The molecule has 0 saturated carbocycles. The Morgan fingerprint density at radius 1 is 0.333 bits per heavy atom. The smallest absolute Gasteiger partial charge is 0.174 e. The Hall–Kier alpha value is -4.56. The summed E-state index contributed by atoms with van der Waals surface area (Å²) >= 11 is 0. The minimum atomic E-state index is -0.407. The molecule has 0 radical (unpaired) electrons. The Morgan fingerprint density at radius 3 is 0.778 bits per heavy atom. The van der Waals surface area contributed by atoms with E-state index in [0.29, 0.717) is 11.1 Å². The molecule has 0 unspecified atom stereocenters. The van der Waals surface area contributed by atoms with Gasteiger partial charge in [0.05, 0.1) is 11.8 Å². The molecule has 36 heavy (non-hydrogen) atoms. The summed E-state index contributed by atoms with van der Waals surface area (Å²) in [6.45, 7) is 0. The van der Waals surface area contributed by atoms with Gasteiger partial charge in [0.2, 0.25) is 0 Å². The molecule has 5 rings (SSSR count). The lowest BCUT2D eigenvalue weighted by atomic mass is 9.83. The highest BCUT2D eigenvalue weighted by Crippen LogP contribution is 2.31. The number of hydrogen-bond donors (Lipinski definition) is 0. The second kappa shape index (κ2) is 10.8. The first-order valence-corrected chi connectivity index (χ1v) is 12.1. The molecular weight excluding hydrogens is 440 g/mol. The van der Waals surface area contributed by atoms with E-state index in [9.17, 15) is 9.59 Å². The number of ketones is 2. The van der Waals surface area contributed by atoms with Crippen LogP contribution in [0.4, 0.5) is 0 Å². The zero-order chi connectivity index (χ0) is 24.7. The average Bonchev–Trinajstić information content (AvgIpc) is 2.96. The molecule has 5 aromatic carbocycles. The lowest BCUT2D eigenvalue weighted by molar-refractivity contribution is 0.0962. The molecule has 0 aliphatic rings. The predicted octanol–water partition coefficient (Wildman–Crippen LogP) is 7.72. The molecule has 174 valence electrons. The molecule has 0 fully saturated rings. The second-order valence-corrected chi connectivity index (χ2v) is 8.81. The molecule has 0 bridgehead atoms. The van der Waals surface area contributed by atoms with Gasteiger partial charge in [-0.3, -0.25) is 9.59 Å². The summed E-state index contributed by atoms with van der Waals surface area (Å²) in [7, 11) is 0. The van der Waals surface area contributed by atoms with Gasteiger partial charge >= 0.3 is 0 Å². The van der Waals surface area contributed by atoms with Gasteiger partial charge in [-0.25, -0.2) is 0 Å². The Bertz CT molecular complexity index is 1230. The SMILES string of the molecule is O=C(c1ccc(C(=O)C(c2ccccc2)c2ccccc2)cc1)C(c1ccccc1)c1ccccc1. The van der Waals surface area contributed by atoms with Crippen LogP contribution in [0.3, 0.4) is 0 Å². The van der Waals surface area contributed by atoms with Crippen LogP contribution in [0.1, 0.15) is 54.8 Å².